The topological polar surface area (TPSA) is 86.2 Å². The van der Waals surface area contributed by atoms with Gasteiger partial charge in [0.2, 0.25) is 23.2 Å². The van der Waals surface area contributed by atoms with E-state index in [1.165, 1.54) is 0 Å². The van der Waals surface area contributed by atoms with Gasteiger partial charge in [0, 0.05) is 11.6 Å². The number of Topliss-reactive ketones (excluding diaryl/α,β-unsaturated/α-hetero) is 1. The highest BCUT2D eigenvalue weighted by Crippen LogP contribution is 2.28. The molecule has 0 unspecified atom stereocenters. The van der Waals surface area contributed by atoms with Crippen LogP contribution in [-0.2, 0) is 0 Å². The number of oxazole rings is 1. The summed E-state index contributed by atoms with van der Waals surface area (Å²) in [6.07, 6.45) is 0.867. The van der Waals surface area contributed by atoms with Crippen molar-refractivity contribution in [3.8, 4) is 11.5 Å². The Morgan fingerprint density at radius 3 is 2.33 bits per heavy atom. The van der Waals surface area contributed by atoms with E-state index in [9.17, 15) is 22.8 Å². The third-order valence-electron chi connectivity index (χ3n) is 2.85. The molecule has 1 heterocycles. The van der Waals surface area contributed by atoms with Crippen LogP contribution in [0.2, 0.25) is 0 Å². The predicted molar refractivity (Wildman–Crippen MR) is 62.7 cm³/mol. The molecular formula is C13H5F3N2O3. The summed E-state index contributed by atoms with van der Waals surface area (Å²) in [5, 5.41) is 0. The number of halogens is 3. The van der Waals surface area contributed by atoms with Gasteiger partial charge in [-0.1, -0.05) is 0 Å². The summed E-state index contributed by atoms with van der Waals surface area (Å²) in [7, 11) is 0. The minimum Gasteiger partial charge on any atom is -0.432 e. The van der Waals surface area contributed by atoms with E-state index in [-0.39, 0.29) is 28.6 Å². The number of ketones is 2. The molecule has 0 bridgehead atoms. The van der Waals surface area contributed by atoms with Gasteiger partial charge in [0.1, 0.15) is 0 Å². The number of aromatic nitrogens is 1. The summed E-state index contributed by atoms with van der Waals surface area (Å²) in [5.41, 5.74) is 4.43. The molecule has 5 nitrogen and oxygen atoms in total. The summed E-state index contributed by atoms with van der Waals surface area (Å²) in [4.78, 5) is 27.0. The highest BCUT2D eigenvalue weighted by molar-refractivity contribution is 6.22. The third-order valence-corrected chi connectivity index (χ3v) is 2.85. The van der Waals surface area contributed by atoms with Crippen LogP contribution in [0.25, 0.3) is 11.5 Å². The van der Waals surface area contributed by atoms with Gasteiger partial charge < -0.3 is 10.2 Å². The lowest BCUT2D eigenvalue weighted by molar-refractivity contribution is 0.0964. The van der Waals surface area contributed by atoms with E-state index in [1.54, 1.807) is 0 Å². The quantitative estimate of drug-likeness (QED) is 0.813. The molecule has 0 radical (unpaired) electrons. The number of hydrogen-bond acceptors (Lipinski definition) is 5. The first-order chi connectivity index (χ1) is 9.88. The van der Waals surface area contributed by atoms with Gasteiger partial charge in [-0.3, -0.25) is 9.59 Å². The van der Waals surface area contributed by atoms with E-state index in [2.05, 4.69) is 4.98 Å². The number of carbonyl (C=O) groups is 2. The molecule has 0 saturated heterocycles. The number of carbonyl (C=O) groups excluding carboxylic acids is 2. The van der Waals surface area contributed by atoms with Crippen LogP contribution >= 0.6 is 0 Å². The fraction of sp³-hybridized carbons (Fsp3) is 0. The Labute approximate surface area is 114 Å². The zero-order chi connectivity index (χ0) is 15.3. The normalized spacial score (nSPS) is 14.1. The molecule has 0 spiro atoms. The minimum atomic E-state index is -1.65. The molecule has 1 aromatic carbocycles. The van der Waals surface area contributed by atoms with Crippen molar-refractivity contribution in [2.75, 3.05) is 0 Å². The predicted octanol–water partition coefficient (Wildman–Crippen LogP) is 1.98. The van der Waals surface area contributed by atoms with Gasteiger partial charge >= 0.3 is 0 Å². The standard InChI is InChI=1S/C13H5F3N2O3/c14-5-1-4(2-6(15)9(5)16)13-18-10-11(20)7(17)3-8(19)12(10)21-13/h1-3H,17H2. The van der Waals surface area contributed by atoms with Gasteiger partial charge in [-0.15, -0.1) is 0 Å². The number of benzene rings is 1. The molecule has 21 heavy (non-hydrogen) atoms. The molecule has 8 heteroatoms. The monoisotopic (exact) mass is 294 g/mol. The van der Waals surface area contributed by atoms with Crippen molar-refractivity contribution in [3.63, 3.8) is 0 Å². The first kappa shape index (κ1) is 13.1. The molecule has 0 atom stereocenters. The highest BCUT2D eigenvalue weighted by Gasteiger charge is 2.31. The lowest BCUT2D eigenvalue weighted by atomic mass is 10.0. The summed E-state index contributed by atoms with van der Waals surface area (Å²) >= 11 is 0. The summed E-state index contributed by atoms with van der Waals surface area (Å²) in [5.74, 6) is -6.73. The van der Waals surface area contributed by atoms with Crippen molar-refractivity contribution in [3.05, 3.63) is 52.8 Å². The average Bonchev–Trinajstić information content (AvgIpc) is 2.87. The van der Waals surface area contributed by atoms with Crippen molar-refractivity contribution in [1.82, 2.24) is 4.98 Å². The number of hydrogen-bond donors (Lipinski definition) is 1. The Bertz CT molecular complexity index is 816. The fourth-order valence-corrected chi connectivity index (χ4v) is 1.85. The SMILES string of the molecule is NC1=CC(=O)c2oc(-c3cc(F)c(F)c(F)c3)nc2C1=O. The maximum Gasteiger partial charge on any atom is 0.231 e. The molecule has 2 aromatic rings. The van der Waals surface area contributed by atoms with Crippen LogP contribution in [0.5, 0.6) is 0 Å². The lowest BCUT2D eigenvalue weighted by Crippen LogP contribution is -2.21. The first-order valence-electron chi connectivity index (χ1n) is 5.60. The van der Waals surface area contributed by atoms with Crippen LogP contribution in [0.1, 0.15) is 21.0 Å². The van der Waals surface area contributed by atoms with Crippen molar-refractivity contribution in [2.24, 2.45) is 5.73 Å². The molecule has 3 rings (SSSR count). The second-order valence-corrected chi connectivity index (χ2v) is 4.24. The van der Waals surface area contributed by atoms with Crippen LogP contribution in [0, 0.1) is 17.5 Å². The van der Waals surface area contributed by atoms with E-state index in [0.29, 0.717) is 12.1 Å². The van der Waals surface area contributed by atoms with Gasteiger partial charge in [0.25, 0.3) is 0 Å². The summed E-state index contributed by atoms with van der Waals surface area (Å²) in [6.45, 7) is 0. The van der Waals surface area contributed by atoms with Crippen LogP contribution in [0.4, 0.5) is 13.2 Å². The van der Waals surface area contributed by atoms with Gasteiger partial charge in [-0.05, 0) is 12.1 Å². The largest absolute Gasteiger partial charge is 0.432 e. The van der Waals surface area contributed by atoms with Crippen molar-refractivity contribution in [1.29, 1.82) is 0 Å². The smallest absolute Gasteiger partial charge is 0.231 e. The van der Waals surface area contributed by atoms with Crippen molar-refractivity contribution < 1.29 is 27.2 Å². The van der Waals surface area contributed by atoms with Crippen LogP contribution in [0.3, 0.4) is 0 Å². The lowest BCUT2D eigenvalue weighted by Gasteiger charge is -2.03. The van der Waals surface area contributed by atoms with Crippen molar-refractivity contribution >= 4 is 11.6 Å². The highest BCUT2D eigenvalue weighted by atomic mass is 19.2. The summed E-state index contributed by atoms with van der Waals surface area (Å²) in [6, 6.07) is 1.28. The molecule has 1 aliphatic carbocycles. The van der Waals surface area contributed by atoms with Crippen LogP contribution < -0.4 is 5.73 Å². The third kappa shape index (κ3) is 1.92. The van der Waals surface area contributed by atoms with Gasteiger partial charge in [-0.25, -0.2) is 18.2 Å². The van der Waals surface area contributed by atoms with E-state index < -0.39 is 29.0 Å². The molecule has 1 aliphatic rings. The Balaban J connectivity index is 2.16. The summed E-state index contributed by atoms with van der Waals surface area (Å²) < 4.78 is 44.3. The number of nitrogens with zero attached hydrogens (tertiary/aromatic N) is 1. The maximum absolute atomic E-state index is 13.2. The number of fused-ring (bicyclic) bond motifs is 1. The Morgan fingerprint density at radius 2 is 1.71 bits per heavy atom. The molecule has 1 aromatic heterocycles. The Hall–Kier alpha value is -2.90. The molecule has 0 amide bonds. The van der Waals surface area contributed by atoms with Crippen LogP contribution in [0.15, 0.2) is 28.3 Å². The molecule has 106 valence electrons. The average molecular weight is 294 g/mol. The van der Waals surface area contributed by atoms with Crippen molar-refractivity contribution in [2.45, 2.75) is 0 Å². The van der Waals surface area contributed by atoms with Gasteiger partial charge in [0.15, 0.2) is 23.1 Å². The zero-order valence-electron chi connectivity index (χ0n) is 10.1. The maximum atomic E-state index is 13.2. The molecule has 0 fully saturated rings. The van der Waals surface area contributed by atoms with Gasteiger partial charge in [0.05, 0.1) is 5.70 Å². The van der Waals surface area contributed by atoms with E-state index in [1.807, 2.05) is 0 Å². The van der Waals surface area contributed by atoms with E-state index in [4.69, 9.17) is 10.2 Å². The first-order valence-corrected chi connectivity index (χ1v) is 5.60. The van der Waals surface area contributed by atoms with Crippen LogP contribution in [-0.4, -0.2) is 16.6 Å². The Morgan fingerprint density at radius 1 is 1.10 bits per heavy atom. The number of nitrogens with two attached hydrogens (primary N) is 1. The zero-order valence-corrected chi connectivity index (χ0v) is 10.1. The molecule has 2 N–H and O–H groups in total. The number of rotatable bonds is 1. The van der Waals surface area contributed by atoms with E-state index >= 15 is 0 Å². The second-order valence-electron chi connectivity index (χ2n) is 4.24. The second kappa shape index (κ2) is 4.30. The van der Waals surface area contributed by atoms with Gasteiger partial charge in [-0.2, -0.15) is 0 Å². The van der Waals surface area contributed by atoms with E-state index in [0.717, 1.165) is 6.08 Å². The molecular weight excluding hydrogens is 289 g/mol. The minimum absolute atomic E-state index is 0.250. The molecule has 0 saturated carbocycles. The molecule has 0 aliphatic heterocycles. The number of allylic oxidation sites excluding steroid dienone is 2. The Kier molecular flexibility index (Phi) is 2.68. The fourth-order valence-electron chi connectivity index (χ4n) is 1.85.